The van der Waals surface area contributed by atoms with E-state index in [2.05, 4.69) is 10.1 Å². The second-order valence-corrected chi connectivity index (χ2v) is 3.02. The predicted molar refractivity (Wildman–Crippen MR) is 42.6 cm³/mol. The number of halogens is 2. The molecule has 0 saturated carbocycles. The van der Waals surface area contributed by atoms with Crippen molar-refractivity contribution in [2.75, 3.05) is 19.7 Å². The van der Waals surface area contributed by atoms with Gasteiger partial charge in [-0.2, -0.15) is 0 Å². The molecule has 1 fully saturated rings. The van der Waals surface area contributed by atoms with Crippen LogP contribution in [-0.4, -0.2) is 31.6 Å². The minimum atomic E-state index is -2.92. The first-order valence-corrected chi connectivity index (χ1v) is 4.33. The Kier molecular flexibility index (Phi) is 3.19. The molecule has 0 spiro atoms. The lowest BCUT2D eigenvalue weighted by atomic mass is 9.95. The molecule has 76 valence electrons. The van der Waals surface area contributed by atoms with Gasteiger partial charge in [-0.25, -0.2) is 8.78 Å². The van der Waals surface area contributed by atoms with Crippen molar-refractivity contribution in [2.45, 2.75) is 19.3 Å². The van der Waals surface area contributed by atoms with Crippen LogP contribution >= 0.6 is 0 Å². The molecule has 0 bridgehead atoms. The highest BCUT2D eigenvalue weighted by atomic mass is 19.3. The molecule has 0 aliphatic carbocycles. The van der Waals surface area contributed by atoms with Crippen molar-refractivity contribution in [1.29, 1.82) is 0 Å². The summed E-state index contributed by atoms with van der Waals surface area (Å²) in [6.07, 6.45) is -0.295. The van der Waals surface area contributed by atoms with Gasteiger partial charge in [0.25, 0.3) is 5.92 Å². The van der Waals surface area contributed by atoms with Crippen molar-refractivity contribution >= 4 is 5.97 Å². The lowest BCUT2D eigenvalue weighted by molar-refractivity contribution is -0.166. The molecule has 0 radical (unpaired) electrons. The standard InChI is InChI=1S/C8H13F2NO2/c1-2-13-7(12)6-5-11-4-3-8(6,9)10/h6,11H,2-5H2,1H3/t6-/m0/s1. The second-order valence-electron chi connectivity index (χ2n) is 3.02. The van der Waals surface area contributed by atoms with E-state index >= 15 is 0 Å². The Morgan fingerprint density at radius 1 is 1.69 bits per heavy atom. The van der Waals surface area contributed by atoms with Crippen molar-refractivity contribution < 1.29 is 18.3 Å². The van der Waals surface area contributed by atoms with Gasteiger partial charge in [0.1, 0.15) is 5.92 Å². The Morgan fingerprint density at radius 3 is 2.92 bits per heavy atom. The molecule has 1 N–H and O–H groups in total. The number of ether oxygens (including phenoxy) is 1. The number of hydrogen-bond acceptors (Lipinski definition) is 3. The summed E-state index contributed by atoms with van der Waals surface area (Å²) < 4.78 is 30.8. The number of piperidine rings is 1. The summed E-state index contributed by atoms with van der Waals surface area (Å²) in [6, 6.07) is 0. The quantitative estimate of drug-likeness (QED) is 0.659. The van der Waals surface area contributed by atoms with E-state index in [0.717, 1.165) is 0 Å². The maximum absolute atomic E-state index is 13.1. The van der Waals surface area contributed by atoms with E-state index in [1.54, 1.807) is 6.92 Å². The van der Waals surface area contributed by atoms with Gasteiger partial charge >= 0.3 is 5.97 Å². The summed E-state index contributed by atoms with van der Waals surface area (Å²) >= 11 is 0. The smallest absolute Gasteiger partial charge is 0.316 e. The molecule has 1 heterocycles. The minimum absolute atomic E-state index is 0.00579. The highest BCUT2D eigenvalue weighted by molar-refractivity contribution is 5.74. The van der Waals surface area contributed by atoms with Gasteiger partial charge in [0.15, 0.2) is 0 Å². The second kappa shape index (κ2) is 4.00. The summed E-state index contributed by atoms with van der Waals surface area (Å²) in [4.78, 5) is 11.1. The zero-order chi connectivity index (χ0) is 9.90. The van der Waals surface area contributed by atoms with Crippen molar-refractivity contribution in [1.82, 2.24) is 5.32 Å². The molecule has 1 atom stereocenters. The third-order valence-electron chi connectivity index (χ3n) is 2.06. The minimum Gasteiger partial charge on any atom is -0.466 e. The normalized spacial score (nSPS) is 26.8. The van der Waals surface area contributed by atoms with Gasteiger partial charge in [0, 0.05) is 19.5 Å². The number of carbonyl (C=O) groups excluding carboxylic acids is 1. The largest absolute Gasteiger partial charge is 0.466 e. The van der Waals surface area contributed by atoms with Gasteiger partial charge in [0.2, 0.25) is 0 Å². The predicted octanol–water partition coefficient (Wildman–Crippen LogP) is 0.794. The van der Waals surface area contributed by atoms with E-state index < -0.39 is 17.8 Å². The first-order chi connectivity index (χ1) is 6.08. The molecule has 0 aromatic rings. The molecule has 1 rings (SSSR count). The van der Waals surface area contributed by atoms with Crippen molar-refractivity contribution in [3.63, 3.8) is 0 Å². The number of alkyl halides is 2. The molecule has 1 aliphatic heterocycles. The van der Waals surface area contributed by atoms with E-state index in [0.29, 0.717) is 0 Å². The monoisotopic (exact) mass is 193 g/mol. The Bertz CT molecular complexity index is 197. The Balaban J connectivity index is 2.59. The van der Waals surface area contributed by atoms with Gasteiger partial charge in [-0.1, -0.05) is 0 Å². The third kappa shape index (κ3) is 2.37. The number of hydrogen-bond donors (Lipinski definition) is 1. The summed E-state index contributed by atoms with van der Waals surface area (Å²) in [7, 11) is 0. The third-order valence-corrected chi connectivity index (χ3v) is 2.06. The molecule has 0 unspecified atom stereocenters. The van der Waals surface area contributed by atoms with Crippen molar-refractivity contribution in [2.24, 2.45) is 5.92 Å². The van der Waals surface area contributed by atoms with Gasteiger partial charge in [-0.3, -0.25) is 4.79 Å². The lowest BCUT2D eigenvalue weighted by Crippen LogP contribution is -2.48. The molecule has 5 heteroatoms. The summed E-state index contributed by atoms with van der Waals surface area (Å²) in [5.74, 6) is -5.04. The Labute approximate surface area is 75.4 Å². The van der Waals surface area contributed by atoms with Gasteiger partial charge in [-0.05, 0) is 6.92 Å². The number of esters is 1. The Hall–Kier alpha value is -0.710. The van der Waals surface area contributed by atoms with E-state index in [4.69, 9.17) is 0 Å². The fourth-order valence-electron chi connectivity index (χ4n) is 1.32. The molecule has 0 aromatic carbocycles. The maximum atomic E-state index is 13.1. The van der Waals surface area contributed by atoms with Crippen LogP contribution < -0.4 is 5.32 Å². The van der Waals surface area contributed by atoms with Crippen LogP contribution in [0.4, 0.5) is 8.78 Å². The molecule has 3 nitrogen and oxygen atoms in total. The molecule has 0 amide bonds. The van der Waals surface area contributed by atoms with Crippen LogP contribution in [0.15, 0.2) is 0 Å². The van der Waals surface area contributed by atoms with Gasteiger partial charge in [0.05, 0.1) is 6.61 Å². The molecular weight excluding hydrogens is 180 g/mol. The van der Waals surface area contributed by atoms with Gasteiger partial charge in [-0.15, -0.1) is 0 Å². The van der Waals surface area contributed by atoms with E-state index in [9.17, 15) is 13.6 Å². The van der Waals surface area contributed by atoms with Crippen LogP contribution in [0.5, 0.6) is 0 Å². The maximum Gasteiger partial charge on any atom is 0.316 e. The van der Waals surface area contributed by atoms with Crippen LogP contribution in [0, 0.1) is 5.92 Å². The summed E-state index contributed by atoms with van der Waals surface area (Å²) in [5.41, 5.74) is 0. The van der Waals surface area contributed by atoms with Crippen LogP contribution in [-0.2, 0) is 9.53 Å². The van der Waals surface area contributed by atoms with E-state index in [1.807, 2.05) is 0 Å². The Morgan fingerprint density at radius 2 is 2.38 bits per heavy atom. The topological polar surface area (TPSA) is 38.3 Å². The average Bonchev–Trinajstić information content (AvgIpc) is 2.03. The summed E-state index contributed by atoms with van der Waals surface area (Å²) in [5, 5.41) is 2.75. The fraction of sp³-hybridized carbons (Fsp3) is 0.875. The first-order valence-electron chi connectivity index (χ1n) is 4.33. The zero-order valence-corrected chi connectivity index (χ0v) is 7.48. The molecule has 1 aliphatic rings. The van der Waals surface area contributed by atoms with Crippen LogP contribution in [0.3, 0.4) is 0 Å². The van der Waals surface area contributed by atoms with E-state index in [1.165, 1.54) is 0 Å². The fourth-order valence-corrected chi connectivity index (χ4v) is 1.32. The highest BCUT2D eigenvalue weighted by Gasteiger charge is 2.46. The lowest BCUT2D eigenvalue weighted by Gasteiger charge is -2.29. The molecular formula is C8H13F2NO2. The van der Waals surface area contributed by atoms with Gasteiger partial charge < -0.3 is 10.1 Å². The molecule has 0 aromatic heterocycles. The molecule has 1 saturated heterocycles. The number of nitrogens with one attached hydrogen (secondary N) is 1. The SMILES string of the molecule is CCOC(=O)[C@@H]1CNCCC1(F)F. The highest BCUT2D eigenvalue weighted by Crippen LogP contribution is 2.31. The van der Waals surface area contributed by atoms with Crippen molar-refractivity contribution in [3.8, 4) is 0 Å². The van der Waals surface area contributed by atoms with E-state index in [-0.39, 0.29) is 26.1 Å². The van der Waals surface area contributed by atoms with Crippen LogP contribution in [0.25, 0.3) is 0 Å². The number of rotatable bonds is 2. The zero-order valence-electron chi connectivity index (χ0n) is 7.48. The number of carbonyl (C=O) groups is 1. The summed E-state index contributed by atoms with van der Waals surface area (Å²) in [6.45, 7) is 2.01. The van der Waals surface area contributed by atoms with Crippen LogP contribution in [0.1, 0.15) is 13.3 Å². The van der Waals surface area contributed by atoms with Crippen LogP contribution in [0.2, 0.25) is 0 Å². The average molecular weight is 193 g/mol. The first kappa shape index (κ1) is 10.4. The molecule has 13 heavy (non-hydrogen) atoms. The van der Waals surface area contributed by atoms with Crippen molar-refractivity contribution in [3.05, 3.63) is 0 Å².